The lowest BCUT2D eigenvalue weighted by molar-refractivity contribution is -0.148. The number of esters is 1. The van der Waals surface area contributed by atoms with Crippen LogP contribution in [-0.2, 0) is 27.2 Å². The van der Waals surface area contributed by atoms with Crippen LogP contribution in [0.4, 0.5) is 11.4 Å². The van der Waals surface area contributed by atoms with Crippen molar-refractivity contribution in [3.63, 3.8) is 0 Å². The number of anilines is 2. The molecular weight excluding hydrogens is 553 g/mol. The van der Waals surface area contributed by atoms with E-state index in [1.54, 1.807) is 0 Å². The highest BCUT2D eigenvalue weighted by molar-refractivity contribution is 6.84. The van der Waals surface area contributed by atoms with Gasteiger partial charge in [0.15, 0.2) is 12.1 Å². The first-order valence-electron chi connectivity index (χ1n) is 15.0. The molecule has 0 radical (unpaired) electrons. The molecule has 0 bridgehead atoms. The molecule has 2 aromatic rings. The highest BCUT2D eigenvalue weighted by Crippen LogP contribution is 2.48. The molecule has 0 amide bonds. The minimum absolute atomic E-state index is 0.172. The van der Waals surface area contributed by atoms with Crippen LogP contribution in [0.5, 0.6) is 0 Å². The highest BCUT2D eigenvalue weighted by Gasteiger charge is 2.65. The maximum atomic E-state index is 13.4. The molecule has 3 aliphatic rings. The van der Waals surface area contributed by atoms with Crippen molar-refractivity contribution in [1.82, 2.24) is 5.43 Å². The second-order valence-electron chi connectivity index (χ2n) is 12.7. The van der Waals surface area contributed by atoms with E-state index >= 15 is 0 Å². The predicted octanol–water partition coefficient (Wildman–Crippen LogP) is 6.35. The largest absolute Gasteiger partial charge is 0.455 e. The van der Waals surface area contributed by atoms with E-state index in [2.05, 4.69) is 60.8 Å². The van der Waals surface area contributed by atoms with Gasteiger partial charge in [-0.15, -0.1) is 0 Å². The van der Waals surface area contributed by atoms with Crippen molar-refractivity contribution in [3.8, 4) is 0 Å². The quantitative estimate of drug-likeness (QED) is 0.214. The second kappa shape index (κ2) is 11.9. The smallest absolute Gasteiger partial charge is 0.335 e. The van der Waals surface area contributed by atoms with Gasteiger partial charge >= 0.3 is 23.1 Å². The van der Waals surface area contributed by atoms with Crippen LogP contribution in [-0.4, -0.2) is 60.2 Å². The minimum atomic E-state index is -2.87. The maximum Gasteiger partial charge on any atom is 0.335 e. The van der Waals surface area contributed by atoms with E-state index in [4.69, 9.17) is 22.4 Å². The Morgan fingerprint density at radius 2 is 1.24 bits per heavy atom. The van der Waals surface area contributed by atoms with Crippen LogP contribution in [0.3, 0.4) is 0 Å². The first-order chi connectivity index (χ1) is 19.5. The first kappa shape index (κ1) is 30.4. The SMILES string of the molecule is CC(C)[Si]1(C(C)C)OC[C@@H]2O[C@@H]3C(NN(c4ccccc4)c4ccccc4)C(=O)O[C@@H]3[C@H]2O[Si](C(C)C)(C(C)C)O1. The molecule has 1 unspecified atom stereocenters. The lowest BCUT2D eigenvalue weighted by atomic mass is 10.1. The summed E-state index contributed by atoms with van der Waals surface area (Å²) in [6.07, 6.45) is -1.90. The van der Waals surface area contributed by atoms with Gasteiger partial charge < -0.3 is 22.4 Å². The number of hydrazine groups is 1. The highest BCUT2D eigenvalue weighted by atomic mass is 28.5. The van der Waals surface area contributed by atoms with E-state index in [1.807, 2.05) is 65.7 Å². The van der Waals surface area contributed by atoms with Gasteiger partial charge in [-0.2, -0.15) is 0 Å². The number of fused-ring (bicyclic) bond motifs is 3. The molecule has 0 aromatic heterocycles. The summed E-state index contributed by atoms with van der Waals surface area (Å²) in [5, 5.41) is 1.93. The van der Waals surface area contributed by atoms with Gasteiger partial charge in [0.05, 0.1) is 18.0 Å². The van der Waals surface area contributed by atoms with Crippen molar-refractivity contribution in [2.75, 3.05) is 11.6 Å². The van der Waals surface area contributed by atoms with Crippen molar-refractivity contribution in [2.24, 2.45) is 0 Å². The fourth-order valence-corrected chi connectivity index (χ4v) is 17.8. The summed E-state index contributed by atoms with van der Waals surface area (Å²) in [5.74, 6) is -0.350. The monoisotopic (exact) mass is 598 g/mol. The fourth-order valence-electron chi connectivity index (χ4n) is 6.63. The van der Waals surface area contributed by atoms with Crippen molar-refractivity contribution >= 4 is 34.5 Å². The third kappa shape index (κ3) is 5.44. The molecule has 10 heteroatoms. The van der Waals surface area contributed by atoms with Crippen LogP contribution < -0.4 is 10.4 Å². The number of rotatable bonds is 8. The van der Waals surface area contributed by atoms with Crippen molar-refractivity contribution < 1.29 is 27.2 Å². The molecule has 3 saturated heterocycles. The van der Waals surface area contributed by atoms with Crippen LogP contribution in [0.25, 0.3) is 0 Å². The van der Waals surface area contributed by atoms with Gasteiger partial charge in [-0.25, -0.2) is 5.43 Å². The van der Waals surface area contributed by atoms with E-state index in [-0.39, 0.29) is 34.2 Å². The molecular formula is C31H46N2O6Si2. The third-order valence-corrected chi connectivity index (χ3v) is 19.1. The fraction of sp³-hybridized carbons (Fsp3) is 0.581. The lowest BCUT2D eigenvalue weighted by Gasteiger charge is -2.51. The average Bonchev–Trinajstić information content (AvgIpc) is 3.41. The Bertz CT molecular complexity index is 1130. The van der Waals surface area contributed by atoms with E-state index in [9.17, 15) is 4.79 Å². The number of carbonyl (C=O) groups is 1. The summed E-state index contributed by atoms with van der Waals surface area (Å²) < 4.78 is 34.2. The van der Waals surface area contributed by atoms with E-state index in [1.165, 1.54) is 0 Å². The van der Waals surface area contributed by atoms with Crippen molar-refractivity contribution in [2.45, 2.75) is 108 Å². The Hall–Kier alpha value is -2.06. The number of nitrogens with one attached hydrogen (secondary N) is 1. The number of nitrogens with zero attached hydrogens (tertiary/aromatic N) is 1. The van der Waals surface area contributed by atoms with Crippen LogP contribution in [0, 0.1) is 0 Å². The van der Waals surface area contributed by atoms with Crippen LogP contribution in [0.15, 0.2) is 60.7 Å². The van der Waals surface area contributed by atoms with Crippen LogP contribution in [0.1, 0.15) is 55.4 Å². The summed E-state index contributed by atoms with van der Waals surface area (Å²) in [5.41, 5.74) is 6.09. The zero-order chi connectivity index (χ0) is 29.5. The van der Waals surface area contributed by atoms with Crippen molar-refractivity contribution in [3.05, 3.63) is 60.7 Å². The molecule has 5 atom stereocenters. The number of benzene rings is 2. The summed E-state index contributed by atoms with van der Waals surface area (Å²) in [4.78, 5) is 13.4. The molecule has 3 fully saturated rings. The zero-order valence-electron chi connectivity index (χ0n) is 25.6. The summed E-state index contributed by atoms with van der Waals surface area (Å²) in [7, 11) is -5.57. The Kier molecular flexibility index (Phi) is 8.83. The molecule has 2 aromatic carbocycles. The van der Waals surface area contributed by atoms with Crippen LogP contribution >= 0.6 is 0 Å². The Morgan fingerprint density at radius 1 is 0.732 bits per heavy atom. The number of ether oxygens (including phenoxy) is 2. The predicted molar refractivity (Wildman–Crippen MR) is 164 cm³/mol. The standard InChI is InChI=1S/C31H46N2O6Si2/c1-20(2)40(21(3)4)35-19-26-28(38-41(39-40,22(5)6)23(7)8)30-29(36-26)27(31(34)37-30)32-33(24-15-11-9-12-16-24)25-17-13-10-14-18-25/h9-18,20-23,26-30,32H,19H2,1-8H3/t26-,27?,28-,29+,30+/m0/s1. The van der Waals surface area contributed by atoms with Gasteiger partial charge in [0.25, 0.3) is 0 Å². The average molecular weight is 599 g/mol. The number of hydrogen-bond donors (Lipinski definition) is 1. The second-order valence-corrected chi connectivity index (χ2v) is 21.6. The summed E-state index contributed by atoms with van der Waals surface area (Å²) in [6, 6.07) is 19.1. The van der Waals surface area contributed by atoms with Gasteiger partial charge in [-0.3, -0.25) is 9.80 Å². The van der Waals surface area contributed by atoms with E-state index in [0.717, 1.165) is 11.4 Å². The maximum absolute atomic E-state index is 13.4. The van der Waals surface area contributed by atoms with E-state index in [0.29, 0.717) is 6.61 Å². The zero-order valence-corrected chi connectivity index (χ0v) is 27.6. The van der Waals surface area contributed by atoms with Crippen molar-refractivity contribution in [1.29, 1.82) is 0 Å². The molecule has 41 heavy (non-hydrogen) atoms. The van der Waals surface area contributed by atoms with Gasteiger partial charge in [0.1, 0.15) is 18.3 Å². The first-order valence-corrected chi connectivity index (χ1v) is 19.0. The molecule has 0 spiro atoms. The van der Waals surface area contributed by atoms with Crippen LogP contribution in [0.2, 0.25) is 22.2 Å². The topological polar surface area (TPSA) is 78.5 Å². The third-order valence-electron chi connectivity index (χ3n) is 8.81. The Morgan fingerprint density at radius 3 is 1.73 bits per heavy atom. The molecule has 3 aliphatic heterocycles. The van der Waals surface area contributed by atoms with E-state index < -0.39 is 41.5 Å². The van der Waals surface area contributed by atoms with Gasteiger partial charge in [0.2, 0.25) is 0 Å². The summed E-state index contributed by atoms with van der Waals surface area (Å²) >= 11 is 0. The number of hydrogen-bond acceptors (Lipinski definition) is 8. The minimum Gasteiger partial charge on any atom is -0.455 e. The molecule has 8 nitrogen and oxygen atoms in total. The molecule has 1 N–H and O–H groups in total. The Balaban J connectivity index is 1.49. The van der Waals surface area contributed by atoms with Gasteiger partial charge in [-0.1, -0.05) is 91.8 Å². The molecule has 224 valence electrons. The van der Waals surface area contributed by atoms with Gasteiger partial charge in [0, 0.05) is 0 Å². The van der Waals surface area contributed by atoms with Gasteiger partial charge in [-0.05, 0) is 46.4 Å². The number of para-hydroxylation sites is 2. The molecule has 3 heterocycles. The Labute approximate surface area is 247 Å². The lowest BCUT2D eigenvalue weighted by Crippen LogP contribution is -2.65. The normalized spacial score (nSPS) is 28.9. The number of carbonyl (C=O) groups excluding carboxylic acids is 1. The summed E-state index contributed by atoms with van der Waals surface area (Å²) in [6.45, 7) is 18.0. The molecule has 0 aliphatic carbocycles. The molecule has 0 saturated carbocycles. The molecule has 5 rings (SSSR count).